The van der Waals surface area contributed by atoms with Gasteiger partial charge in [-0.3, -0.25) is 4.79 Å². The summed E-state index contributed by atoms with van der Waals surface area (Å²) in [5.41, 5.74) is 2.31. The number of ether oxygens (including phenoxy) is 1. The lowest BCUT2D eigenvalue weighted by Crippen LogP contribution is -2.25. The Bertz CT molecular complexity index is 414. The number of nitrogens with one attached hydrogen (secondary N) is 1. The van der Waals surface area contributed by atoms with Gasteiger partial charge in [0.05, 0.1) is 12.1 Å². The van der Waals surface area contributed by atoms with Crippen molar-refractivity contribution in [1.29, 1.82) is 0 Å². The molecule has 2 unspecified atom stereocenters. The molecule has 0 saturated heterocycles. The highest BCUT2D eigenvalue weighted by Crippen LogP contribution is 2.40. The standard InChI is InChI=1S/C13H15NO2/c1-3-13(15)14-11-8-12(16-2)10-7-5-4-6-9(10)11/h3-7,11-12H,1,8H2,2H3,(H,14,15). The number of carbonyl (C=O) groups is 1. The number of hydrogen-bond donors (Lipinski definition) is 1. The van der Waals surface area contributed by atoms with E-state index in [9.17, 15) is 4.79 Å². The van der Waals surface area contributed by atoms with Crippen LogP contribution in [0.4, 0.5) is 0 Å². The van der Waals surface area contributed by atoms with Gasteiger partial charge in [0.1, 0.15) is 0 Å². The Balaban J connectivity index is 2.25. The smallest absolute Gasteiger partial charge is 0.243 e. The second-order valence-corrected chi connectivity index (χ2v) is 3.85. The van der Waals surface area contributed by atoms with Gasteiger partial charge in [-0.15, -0.1) is 0 Å². The predicted molar refractivity (Wildman–Crippen MR) is 61.9 cm³/mol. The lowest BCUT2D eigenvalue weighted by atomic mass is 10.1. The molecule has 3 nitrogen and oxygen atoms in total. The van der Waals surface area contributed by atoms with Crippen LogP contribution < -0.4 is 5.32 Å². The number of methoxy groups -OCH3 is 1. The van der Waals surface area contributed by atoms with Crippen LogP contribution in [-0.4, -0.2) is 13.0 Å². The molecule has 1 amide bonds. The monoisotopic (exact) mass is 217 g/mol. The average molecular weight is 217 g/mol. The normalized spacial score (nSPS) is 22.6. The molecule has 2 rings (SSSR count). The van der Waals surface area contributed by atoms with Crippen LogP contribution in [0, 0.1) is 0 Å². The summed E-state index contributed by atoms with van der Waals surface area (Å²) in [5, 5.41) is 2.91. The van der Waals surface area contributed by atoms with E-state index >= 15 is 0 Å². The van der Waals surface area contributed by atoms with Gasteiger partial charge >= 0.3 is 0 Å². The first-order chi connectivity index (χ1) is 7.76. The first kappa shape index (κ1) is 10.9. The molecule has 0 spiro atoms. The molecule has 84 valence electrons. The van der Waals surface area contributed by atoms with Crippen molar-refractivity contribution in [3.05, 3.63) is 48.0 Å². The lowest BCUT2D eigenvalue weighted by molar-refractivity contribution is -0.117. The Kier molecular flexibility index (Phi) is 3.06. The van der Waals surface area contributed by atoms with Crippen molar-refractivity contribution in [2.45, 2.75) is 18.6 Å². The molecule has 16 heavy (non-hydrogen) atoms. The van der Waals surface area contributed by atoms with Gasteiger partial charge in [0, 0.05) is 13.5 Å². The quantitative estimate of drug-likeness (QED) is 0.787. The van der Waals surface area contributed by atoms with Crippen LogP contribution in [0.15, 0.2) is 36.9 Å². The summed E-state index contributed by atoms with van der Waals surface area (Å²) < 4.78 is 5.41. The Labute approximate surface area is 95.1 Å². The summed E-state index contributed by atoms with van der Waals surface area (Å²) in [4.78, 5) is 11.3. The summed E-state index contributed by atoms with van der Waals surface area (Å²) in [5.74, 6) is -0.142. The Hall–Kier alpha value is -1.61. The Morgan fingerprint density at radius 3 is 2.81 bits per heavy atom. The van der Waals surface area contributed by atoms with E-state index in [-0.39, 0.29) is 18.1 Å². The first-order valence-electron chi connectivity index (χ1n) is 5.30. The first-order valence-corrected chi connectivity index (χ1v) is 5.30. The van der Waals surface area contributed by atoms with Gasteiger partial charge < -0.3 is 10.1 Å². The maximum atomic E-state index is 11.3. The van der Waals surface area contributed by atoms with Crippen LogP contribution in [0.25, 0.3) is 0 Å². The van der Waals surface area contributed by atoms with E-state index in [4.69, 9.17) is 4.74 Å². The van der Waals surface area contributed by atoms with Crippen LogP contribution in [0.5, 0.6) is 0 Å². The van der Waals surface area contributed by atoms with E-state index in [1.807, 2.05) is 24.3 Å². The number of amides is 1. The molecule has 0 saturated carbocycles. The fourth-order valence-corrected chi connectivity index (χ4v) is 2.18. The second kappa shape index (κ2) is 4.49. The van der Waals surface area contributed by atoms with Crippen LogP contribution in [0.1, 0.15) is 29.7 Å². The molecule has 0 aliphatic heterocycles. The third-order valence-corrected chi connectivity index (χ3v) is 2.95. The minimum absolute atomic E-state index is 0.0339. The van der Waals surface area contributed by atoms with Crippen molar-refractivity contribution in [3.63, 3.8) is 0 Å². The molecule has 0 heterocycles. The van der Waals surface area contributed by atoms with E-state index in [1.165, 1.54) is 11.6 Å². The largest absolute Gasteiger partial charge is 0.377 e. The summed E-state index contributed by atoms with van der Waals surface area (Å²) in [6.45, 7) is 3.45. The van der Waals surface area contributed by atoms with Crippen LogP contribution in [0.2, 0.25) is 0 Å². The summed E-state index contributed by atoms with van der Waals surface area (Å²) in [6.07, 6.45) is 2.16. The van der Waals surface area contributed by atoms with Crippen molar-refractivity contribution < 1.29 is 9.53 Å². The minimum Gasteiger partial charge on any atom is -0.377 e. The van der Waals surface area contributed by atoms with Gasteiger partial charge in [0.25, 0.3) is 0 Å². The van der Waals surface area contributed by atoms with Crippen LogP contribution >= 0.6 is 0 Å². The van der Waals surface area contributed by atoms with Crippen molar-refractivity contribution >= 4 is 5.91 Å². The van der Waals surface area contributed by atoms with Gasteiger partial charge in [0.2, 0.25) is 5.91 Å². The van der Waals surface area contributed by atoms with Gasteiger partial charge in [-0.2, -0.15) is 0 Å². The molecule has 0 fully saturated rings. The number of carbonyl (C=O) groups excluding carboxylic acids is 1. The molecule has 0 radical (unpaired) electrons. The molecule has 2 atom stereocenters. The van der Waals surface area contributed by atoms with Crippen molar-refractivity contribution in [3.8, 4) is 0 Å². The summed E-state index contributed by atoms with van der Waals surface area (Å²) in [7, 11) is 1.69. The molecule has 0 bridgehead atoms. The number of hydrogen-bond acceptors (Lipinski definition) is 2. The SMILES string of the molecule is C=CC(=O)NC1CC(OC)c2ccccc21. The fourth-order valence-electron chi connectivity index (χ4n) is 2.18. The van der Waals surface area contributed by atoms with Gasteiger partial charge in [-0.05, 0) is 17.2 Å². The zero-order valence-corrected chi connectivity index (χ0v) is 9.27. The molecule has 1 aliphatic rings. The van der Waals surface area contributed by atoms with E-state index in [2.05, 4.69) is 11.9 Å². The molecule has 0 aromatic heterocycles. The molecule has 1 aliphatic carbocycles. The lowest BCUT2D eigenvalue weighted by Gasteiger charge is -2.12. The van der Waals surface area contributed by atoms with Gasteiger partial charge in [0.15, 0.2) is 0 Å². The van der Waals surface area contributed by atoms with E-state index in [0.29, 0.717) is 0 Å². The zero-order chi connectivity index (χ0) is 11.5. The number of rotatable bonds is 3. The van der Waals surface area contributed by atoms with Gasteiger partial charge in [-0.25, -0.2) is 0 Å². The molecular formula is C13H15NO2. The minimum atomic E-state index is -0.142. The molecule has 1 aromatic carbocycles. The summed E-state index contributed by atoms with van der Waals surface area (Å²) >= 11 is 0. The molecule has 3 heteroatoms. The predicted octanol–water partition coefficient (Wildman–Crippen LogP) is 2.12. The highest BCUT2D eigenvalue weighted by Gasteiger charge is 2.30. The average Bonchev–Trinajstić information content (AvgIpc) is 2.68. The topological polar surface area (TPSA) is 38.3 Å². The molecular weight excluding hydrogens is 202 g/mol. The van der Waals surface area contributed by atoms with E-state index in [1.54, 1.807) is 7.11 Å². The third kappa shape index (κ3) is 1.86. The number of fused-ring (bicyclic) bond motifs is 1. The van der Waals surface area contributed by atoms with E-state index in [0.717, 1.165) is 12.0 Å². The summed E-state index contributed by atoms with van der Waals surface area (Å²) in [6, 6.07) is 8.07. The molecule has 1 aromatic rings. The zero-order valence-electron chi connectivity index (χ0n) is 9.27. The highest BCUT2D eigenvalue weighted by molar-refractivity contribution is 5.87. The van der Waals surface area contributed by atoms with Crippen molar-refractivity contribution in [2.24, 2.45) is 0 Å². The van der Waals surface area contributed by atoms with Crippen molar-refractivity contribution in [2.75, 3.05) is 7.11 Å². The molecule has 1 N–H and O–H groups in total. The van der Waals surface area contributed by atoms with Gasteiger partial charge in [-0.1, -0.05) is 30.8 Å². The highest BCUT2D eigenvalue weighted by atomic mass is 16.5. The van der Waals surface area contributed by atoms with Crippen molar-refractivity contribution in [1.82, 2.24) is 5.32 Å². The maximum absolute atomic E-state index is 11.3. The van der Waals surface area contributed by atoms with Crippen LogP contribution in [-0.2, 0) is 9.53 Å². The Morgan fingerprint density at radius 2 is 2.19 bits per heavy atom. The van der Waals surface area contributed by atoms with E-state index < -0.39 is 0 Å². The maximum Gasteiger partial charge on any atom is 0.243 e. The third-order valence-electron chi connectivity index (χ3n) is 2.95. The Morgan fingerprint density at radius 1 is 1.50 bits per heavy atom. The second-order valence-electron chi connectivity index (χ2n) is 3.85. The van der Waals surface area contributed by atoms with Crippen LogP contribution in [0.3, 0.4) is 0 Å². The number of benzene rings is 1. The fraction of sp³-hybridized carbons (Fsp3) is 0.308.